The van der Waals surface area contributed by atoms with Crippen LogP contribution in [0, 0.1) is 20.8 Å². The lowest BCUT2D eigenvalue weighted by atomic mass is 10.1. The highest BCUT2D eigenvalue weighted by atomic mass is 32.2. The fraction of sp³-hybridized carbons (Fsp3) is 0.125. The van der Waals surface area contributed by atoms with Crippen molar-refractivity contribution in [3.05, 3.63) is 89.0 Å². The van der Waals surface area contributed by atoms with Gasteiger partial charge in [-0.15, -0.1) is 10.2 Å². The predicted molar refractivity (Wildman–Crippen MR) is 131 cm³/mol. The van der Waals surface area contributed by atoms with Crippen molar-refractivity contribution in [3.8, 4) is 10.6 Å². The molecular weight excluding hydrogens is 456 g/mol. The van der Waals surface area contributed by atoms with Crippen molar-refractivity contribution in [2.24, 2.45) is 0 Å². The van der Waals surface area contributed by atoms with E-state index in [9.17, 15) is 13.2 Å². The molecule has 0 saturated carbocycles. The Morgan fingerprint density at radius 1 is 0.879 bits per heavy atom. The van der Waals surface area contributed by atoms with Crippen LogP contribution in [-0.4, -0.2) is 24.5 Å². The number of amides is 1. The van der Waals surface area contributed by atoms with Crippen LogP contribution >= 0.6 is 11.3 Å². The predicted octanol–water partition coefficient (Wildman–Crippen LogP) is 5.18. The van der Waals surface area contributed by atoms with Gasteiger partial charge in [-0.2, -0.15) is 0 Å². The summed E-state index contributed by atoms with van der Waals surface area (Å²) in [6.45, 7) is 5.49. The minimum absolute atomic E-state index is 0.0385. The molecule has 4 aromatic rings. The van der Waals surface area contributed by atoms with Gasteiger partial charge in [-0.3, -0.25) is 14.8 Å². The minimum Gasteiger partial charge on any atom is -0.296 e. The number of aromatic nitrogens is 2. The highest BCUT2D eigenvalue weighted by Crippen LogP contribution is 2.27. The molecule has 0 atom stereocenters. The first-order chi connectivity index (χ1) is 15.7. The van der Waals surface area contributed by atoms with Gasteiger partial charge < -0.3 is 0 Å². The molecule has 0 unspecified atom stereocenters. The molecule has 0 aliphatic carbocycles. The fourth-order valence-corrected chi connectivity index (χ4v) is 5.47. The molecule has 1 heterocycles. The number of rotatable bonds is 6. The Kier molecular flexibility index (Phi) is 6.26. The van der Waals surface area contributed by atoms with Crippen molar-refractivity contribution in [1.82, 2.24) is 10.2 Å². The minimum atomic E-state index is -3.89. The first kappa shape index (κ1) is 22.6. The molecule has 7 nitrogen and oxygen atoms in total. The van der Waals surface area contributed by atoms with Crippen molar-refractivity contribution < 1.29 is 13.2 Å². The smallest absolute Gasteiger partial charge is 0.262 e. The van der Waals surface area contributed by atoms with Gasteiger partial charge in [0.2, 0.25) is 5.13 Å². The van der Waals surface area contributed by atoms with E-state index >= 15 is 0 Å². The van der Waals surface area contributed by atoms with E-state index in [1.54, 1.807) is 31.2 Å². The van der Waals surface area contributed by atoms with Gasteiger partial charge >= 0.3 is 0 Å². The Morgan fingerprint density at radius 2 is 1.58 bits per heavy atom. The lowest BCUT2D eigenvalue weighted by Gasteiger charge is -2.13. The van der Waals surface area contributed by atoms with Crippen molar-refractivity contribution >= 4 is 38.1 Å². The van der Waals surface area contributed by atoms with Gasteiger partial charge in [0.1, 0.15) is 5.01 Å². The maximum absolute atomic E-state index is 13.1. The molecule has 1 amide bonds. The number of benzene rings is 3. The quantitative estimate of drug-likeness (QED) is 0.397. The van der Waals surface area contributed by atoms with Crippen molar-refractivity contribution in [2.45, 2.75) is 25.7 Å². The van der Waals surface area contributed by atoms with Gasteiger partial charge in [-0.1, -0.05) is 53.8 Å². The average molecular weight is 479 g/mol. The standard InChI is InChI=1S/C24H22N4O3S2/c1-15-11-16(2)13-20(12-15)28-33(30,31)21-14-19(10-9-17(21)3)22(29)25-24-27-26-23(32-24)18-7-5-4-6-8-18/h4-14,28H,1-3H3,(H,25,27,29). The maximum Gasteiger partial charge on any atom is 0.262 e. The van der Waals surface area contributed by atoms with Crippen molar-refractivity contribution in [3.63, 3.8) is 0 Å². The van der Waals surface area contributed by atoms with Gasteiger partial charge in [0.25, 0.3) is 15.9 Å². The number of sulfonamides is 1. The summed E-state index contributed by atoms with van der Waals surface area (Å²) in [6, 6.07) is 19.6. The molecule has 0 radical (unpaired) electrons. The van der Waals surface area contributed by atoms with E-state index in [1.807, 2.05) is 50.2 Å². The second kappa shape index (κ2) is 9.13. The first-order valence-electron chi connectivity index (χ1n) is 10.1. The summed E-state index contributed by atoms with van der Waals surface area (Å²) in [6.07, 6.45) is 0. The number of anilines is 2. The molecule has 4 rings (SSSR count). The molecule has 0 bridgehead atoms. The van der Waals surface area contributed by atoms with E-state index in [1.165, 1.54) is 17.4 Å². The van der Waals surface area contributed by atoms with E-state index in [2.05, 4.69) is 20.2 Å². The van der Waals surface area contributed by atoms with Gasteiger partial charge in [0.05, 0.1) is 4.90 Å². The van der Waals surface area contributed by atoms with Gasteiger partial charge in [-0.05, 0) is 61.7 Å². The number of carbonyl (C=O) groups is 1. The van der Waals surface area contributed by atoms with Crippen LogP contribution < -0.4 is 10.0 Å². The lowest BCUT2D eigenvalue weighted by molar-refractivity contribution is 0.102. The topological polar surface area (TPSA) is 101 Å². The summed E-state index contributed by atoms with van der Waals surface area (Å²) >= 11 is 1.24. The van der Waals surface area contributed by atoms with E-state index in [4.69, 9.17) is 0 Å². The molecule has 0 spiro atoms. The fourth-order valence-electron chi connectivity index (χ4n) is 3.41. The first-order valence-corrected chi connectivity index (χ1v) is 12.4. The third-order valence-electron chi connectivity index (χ3n) is 4.88. The van der Waals surface area contributed by atoms with Crippen LogP contribution in [-0.2, 0) is 10.0 Å². The highest BCUT2D eigenvalue weighted by Gasteiger charge is 2.20. The summed E-state index contributed by atoms with van der Waals surface area (Å²) in [7, 11) is -3.89. The molecule has 0 fully saturated rings. The van der Waals surface area contributed by atoms with Crippen LogP contribution in [0.1, 0.15) is 27.0 Å². The number of hydrogen-bond acceptors (Lipinski definition) is 6. The normalized spacial score (nSPS) is 11.2. The van der Waals surface area contributed by atoms with Crippen LogP contribution in [0.3, 0.4) is 0 Å². The number of aryl methyl sites for hydroxylation is 3. The number of nitrogens with zero attached hydrogens (tertiary/aromatic N) is 2. The number of hydrogen-bond donors (Lipinski definition) is 2. The molecule has 9 heteroatoms. The van der Waals surface area contributed by atoms with Gasteiger partial charge in [-0.25, -0.2) is 8.42 Å². The molecule has 168 valence electrons. The Hall–Kier alpha value is -3.56. The summed E-state index contributed by atoms with van der Waals surface area (Å²) in [4.78, 5) is 12.8. The molecule has 0 aliphatic heterocycles. The van der Waals surface area contributed by atoms with Crippen LogP contribution in [0.25, 0.3) is 10.6 Å². The molecule has 33 heavy (non-hydrogen) atoms. The zero-order valence-electron chi connectivity index (χ0n) is 18.3. The summed E-state index contributed by atoms with van der Waals surface area (Å²) in [5, 5.41) is 11.8. The Balaban J connectivity index is 1.56. The Labute approximate surface area is 196 Å². The Bertz CT molecular complexity index is 1410. The zero-order valence-corrected chi connectivity index (χ0v) is 19.9. The number of nitrogens with one attached hydrogen (secondary N) is 2. The van der Waals surface area contributed by atoms with Crippen LogP contribution in [0.2, 0.25) is 0 Å². The van der Waals surface area contributed by atoms with Gasteiger partial charge in [0, 0.05) is 16.8 Å². The molecule has 0 aliphatic rings. The van der Waals surface area contributed by atoms with Crippen LogP contribution in [0.5, 0.6) is 0 Å². The second-order valence-electron chi connectivity index (χ2n) is 7.69. The Morgan fingerprint density at radius 3 is 2.27 bits per heavy atom. The number of carbonyl (C=O) groups excluding carboxylic acids is 1. The largest absolute Gasteiger partial charge is 0.296 e. The summed E-state index contributed by atoms with van der Waals surface area (Å²) in [5.41, 5.74) is 4.01. The third kappa shape index (κ3) is 5.27. The highest BCUT2D eigenvalue weighted by molar-refractivity contribution is 7.92. The van der Waals surface area contributed by atoms with E-state index in [-0.39, 0.29) is 10.5 Å². The molecule has 2 N–H and O–H groups in total. The van der Waals surface area contributed by atoms with Crippen LogP contribution in [0.4, 0.5) is 10.8 Å². The van der Waals surface area contributed by atoms with Crippen LogP contribution in [0.15, 0.2) is 71.6 Å². The van der Waals surface area contributed by atoms with Crippen molar-refractivity contribution in [1.29, 1.82) is 0 Å². The van der Waals surface area contributed by atoms with Gasteiger partial charge in [0.15, 0.2) is 0 Å². The van der Waals surface area contributed by atoms with Crippen molar-refractivity contribution in [2.75, 3.05) is 10.0 Å². The summed E-state index contributed by atoms with van der Waals surface area (Å²) < 4.78 is 28.8. The summed E-state index contributed by atoms with van der Waals surface area (Å²) in [5.74, 6) is -0.464. The van der Waals surface area contributed by atoms with E-state index in [0.29, 0.717) is 21.4 Å². The van der Waals surface area contributed by atoms with E-state index in [0.717, 1.165) is 16.7 Å². The monoisotopic (exact) mass is 478 g/mol. The molecule has 0 saturated heterocycles. The molecular formula is C24H22N4O3S2. The average Bonchev–Trinajstić information content (AvgIpc) is 3.22. The zero-order chi connectivity index (χ0) is 23.6. The van der Waals surface area contributed by atoms with E-state index < -0.39 is 15.9 Å². The SMILES string of the molecule is Cc1cc(C)cc(NS(=O)(=O)c2cc(C(=O)Nc3nnc(-c4ccccc4)s3)ccc2C)c1. The molecule has 1 aromatic heterocycles. The molecule has 3 aromatic carbocycles. The second-order valence-corrected chi connectivity index (χ2v) is 10.3. The lowest BCUT2D eigenvalue weighted by Crippen LogP contribution is -2.17. The third-order valence-corrected chi connectivity index (χ3v) is 7.29. The maximum atomic E-state index is 13.1.